The van der Waals surface area contributed by atoms with Gasteiger partial charge in [-0.25, -0.2) is 4.79 Å². The van der Waals surface area contributed by atoms with Gasteiger partial charge in [-0.2, -0.15) is 0 Å². The third-order valence-corrected chi connectivity index (χ3v) is 9.23. The number of hydrogen-bond donors (Lipinski definition) is 1. The fourth-order valence-electron chi connectivity index (χ4n) is 6.68. The first kappa shape index (κ1) is 29.4. The second-order valence-corrected chi connectivity index (χ2v) is 12.0. The summed E-state index contributed by atoms with van der Waals surface area (Å²) in [6, 6.07) is 22.1. The van der Waals surface area contributed by atoms with Crippen molar-refractivity contribution in [2.45, 2.75) is 38.0 Å². The lowest BCUT2D eigenvalue weighted by atomic mass is 9.81. The highest BCUT2D eigenvalue weighted by Crippen LogP contribution is 2.53. The van der Waals surface area contributed by atoms with Crippen molar-refractivity contribution < 1.29 is 33.3 Å². The molecule has 3 atom stereocenters. The zero-order chi connectivity index (χ0) is 31.8. The zero-order valence-electron chi connectivity index (χ0n) is 25.7. The van der Waals surface area contributed by atoms with Crippen molar-refractivity contribution in [3.63, 3.8) is 0 Å². The minimum atomic E-state index is -1.34. The van der Waals surface area contributed by atoms with Gasteiger partial charge in [0.1, 0.15) is 29.4 Å². The molecule has 9 heteroatoms. The Balaban J connectivity index is 1.18. The summed E-state index contributed by atoms with van der Waals surface area (Å²) in [6.45, 7) is 0.189. The van der Waals surface area contributed by atoms with Crippen LogP contribution in [0.1, 0.15) is 30.4 Å². The van der Waals surface area contributed by atoms with Gasteiger partial charge in [-0.15, -0.1) is 0 Å². The normalized spacial score (nSPS) is 22.7. The van der Waals surface area contributed by atoms with Crippen LogP contribution in [-0.2, 0) is 32.2 Å². The molecule has 1 saturated carbocycles. The van der Waals surface area contributed by atoms with Crippen molar-refractivity contribution in [2.24, 2.45) is 11.8 Å². The van der Waals surface area contributed by atoms with E-state index in [1.54, 1.807) is 32.6 Å². The number of benzene rings is 3. The second kappa shape index (κ2) is 11.9. The number of amides is 3. The van der Waals surface area contributed by atoms with E-state index in [4.69, 9.17) is 18.9 Å². The fourth-order valence-corrected chi connectivity index (χ4v) is 6.68. The Morgan fingerprint density at radius 2 is 1.65 bits per heavy atom. The molecule has 2 aliphatic heterocycles. The highest BCUT2D eigenvalue weighted by molar-refractivity contribution is 6.08. The molecule has 0 spiro atoms. The molecule has 2 heterocycles. The van der Waals surface area contributed by atoms with Crippen molar-refractivity contribution in [3.8, 4) is 11.5 Å². The first-order valence-electron chi connectivity index (χ1n) is 15.3. The molecule has 2 aliphatic carbocycles. The number of nitrogens with one attached hydrogen (secondary N) is 1. The van der Waals surface area contributed by atoms with E-state index in [0.29, 0.717) is 30.1 Å². The number of methoxy groups -OCH3 is 2. The average molecular weight is 619 g/mol. The number of carbonyl (C=O) groups excluding carboxylic acids is 3. The summed E-state index contributed by atoms with van der Waals surface area (Å²) in [5.74, 6) is 0.345. The predicted octanol–water partition coefficient (Wildman–Crippen LogP) is 4.10. The van der Waals surface area contributed by atoms with Crippen molar-refractivity contribution in [1.29, 1.82) is 0 Å². The van der Waals surface area contributed by atoms with E-state index < -0.39 is 29.4 Å². The van der Waals surface area contributed by atoms with Gasteiger partial charge in [0.05, 0.1) is 32.9 Å². The third kappa shape index (κ3) is 5.31. The highest BCUT2D eigenvalue weighted by atomic mass is 16.5. The molecule has 1 N–H and O–H groups in total. The van der Waals surface area contributed by atoms with Crippen LogP contribution in [0.15, 0.2) is 96.3 Å². The third-order valence-electron chi connectivity index (χ3n) is 9.23. The molecule has 0 radical (unpaired) electrons. The lowest BCUT2D eigenvalue weighted by Crippen LogP contribution is -2.50. The molecule has 3 amide bonds. The topological polar surface area (TPSA) is 103 Å². The predicted molar refractivity (Wildman–Crippen MR) is 169 cm³/mol. The molecule has 0 bridgehead atoms. The van der Waals surface area contributed by atoms with Crippen LogP contribution in [0.25, 0.3) is 11.8 Å². The Hall–Kier alpha value is -5.31. The highest BCUT2D eigenvalue weighted by Gasteiger charge is 2.65. The summed E-state index contributed by atoms with van der Waals surface area (Å²) in [5, 5.41) is 5.12. The summed E-state index contributed by atoms with van der Waals surface area (Å²) in [4.78, 5) is 42.6. The van der Waals surface area contributed by atoms with Gasteiger partial charge >= 0.3 is 12.0 Å². The maximum Gasteiger partial charge on any atom is 0.325 e. The number of ether oxygens (including phenoxy) is 4. The van der Waals surface area contributed by atoms with Crippen LogP contribution < -0.4 is 25.2 Å². The Kier molecular flexibility index (Phi) is 7.60. The molecule has 2 fully saturated rings. The summed E-state index contributed by atoms with van der Waals surface area (Å²) in [7, 11) is 3.18. The first-order valence-corrected chi connectivity index (χ1v) is 15.3. The number of imide groups is 1. The molecular weight excluding hydrogens is 584 g/mol. The Labute approximate surface area is 266 Å². The molecule has 3 aromatic carbocycles. The number of carbonyl (C=O) groups is 3. The van der Waals surface area contributed by atoms with Gasteiger partial charge in [0.25, 0.3) is 5.91 Å². The van der Waals surface area contributed by atoms with Crippen molar-refractivity contribution in [3.05, 3.63) is 118 Å². The quantitative estimate of drug-likeness (QED) is 0.270. The SMILES string of the molecule is COc1ccc(COC(=O)[C@@H]2C[C@H]2[C@@]2(CC3=C4OC=c5ccccc5=C4CC=C3)NC(=O)N(Cc3ccc(OC)cc3)C2=O)cc1. The van der Waals surface area contributed by atoms with Crippen LogP contribution in [-0.4, -0.2) is 42.6 Å². The molecule has 1 saturated heterocycles. The van der Waals surface area contributed by atoms with Gasteiger partial charge in [0.2, 0.25) is 0 Å². The number of rotatable bonds is 10. The molecule has 7 rings (SSSR count). The molecule has 0 unspecified atom stereocenters. The van der Waals surface area contributed by atoms with E-state index in [0.717, 1.165) is 32.7 Å². The van der Waals surface area contributed by atoms with Gasteiger partial charge in [0, 0.05) is 23.1 Å². The maximum absolute atomic E-state index is 14.4. The van der Waals surface area contributed by atoms with Gasteiger partial charge in [-0.3, -0.25) is 14.5 Å². The zero-order valence-corrected chi connectivity index (χ0v) is 25.7. The minimum Gasteiger partial charge on any atom is -0.497 e. The van der Waals surface area contributed by atoms with Crippen molar-refractivity contribution >= 4 is 29.7 Å². The maximum atomic E-state index is 14.4. The van der Waals surface area contributed by atoms with Crippen LogP contribution in [0.4, 0.5) is 4.79 Å². The number of nitrogens with zero attached hydrogens (tertiary/aromatic N) is 1. The average Bonchev–Trinajstić information content (AvgIpc) is 3.87. The van der Waals surface area contributed by atoms with Crippen molar-refractivity contribution in [1.82, 2.24) is 10.2 Å². The van der Waals surface area contributed by atoms with Crippen LogP contribution in [0, 0.1) is 11.8 Å². The van der Waals surface area contributed by atoms with Gasteiger partial charge < -0.3 is 24.3 Å². The van der Waals surface area contributed by atoms with Crippen LogP contribution in [0.5, 0.6) is 11.5 Å². The molecule has 3 aromatic rings. The van der Waals surface area contributed by atoms with Gasteiger partial charge in [-0.1, -0.05) is 60.7 Å². The summed E-state index contributed by atoms with van der Waals surface area (Å²) >= 11 is 0. The lowest BCUT2D eigenvalue weighted by molar-refractivity contribution is -0.147. The Bertz CT molecular complexity index is 1890. The molecule has 46 heavy (non-hydrogen) atoms. The molecular formula is C37H34N2O7. The largest absolute Gasteiger partial charge is 0.497 e. The second-order valence-electron chi connectivity index (χ2n) is 12.0. The first-order chi connectivity index (χ1) is 22.4. The number of fused-ring (bicyclic) bond motifs is 2. The number of esters is 1. The van der Waals surface area contributed by atoms with Crippen LogP contribution in [0.2, 0.25) is 0 Å². The Morgan fingerprint density at radius 3 is 2.37 bits per heavy atom. The van der Waals surface area contributed by atoms with E-state index in [-0.39, 0.29) is 25.5 Å². The minimum absolute atomic E-state index is 0.0898. The van der Waals surface area contributed by atoms with E-state index in [1.165, 1.54) is 4.90 Å². The Morgan fingerprint density at radius 1 is 0.957 bits per heavy atom. The number of allylic oxidation sites excluding steroid dienone is 3. The molecule has 234 valence electrons. The smallest absolute Gasteiger partial charge is 0.325 e. The molecule has 0 aromatic heterocycles. The molecule has 9 nitrogen and oxygen atoms in total. The summed E-state index contributed by atoms with van der Waals surface area (Å²) in [6.07, 6.45) is 7.02. The number of urea groups is 1. The van der Waals surface area contributed by atoms with E-state index in [9.17, 15) is 14.4 Å². The monoisotopic (exact) mass is 618 g/mol. The standard InChI is InChI=1S/C37H34N2O7/c1-43-27-14-10-23(11-15-27)20-39-35(41)37(38-36(39)42,32-18-31(32)34(40)46-21-24-12-16-28(44-2)17-13-24)19-25-7-5-9-30-29-8-4-3-6-26(29)22-45-33(25)30/h3-8,10-17,22,31-32H,9,18-21H2,1-2H3,(H,38,42)/t31-,32-,37-/m1/s1. The number of hydrogen-bond acceptors (Lipinski definition) is 7. The summed E-state index contributed by atoms with van der Waals surface area (Å²) in [5.41, 5.74) is 2.09. The lowest BCUT2D eigenvalue weighted by Gasteiger charge is -2.30. The van der Waals surface area contributed by atoms with E-state index in [2.05, 4.69) is 17.5 Å². The fraction of sp³-hybridized carbons (Fsp3) is 0.270. The summed E-state index contributed by atoms with van der Waals surface area (Å²) < 4.78 is 22.3. The van der Waals surface area contributed by atoms with E-state index >= 15 is 0 Å². The van der Waals surface area contributed by atoms with Crippen LogP contribution >= 0.6 is 0 Å². The van der Waals surface area contributed by atoms with Gasteiger partial charge in [-0.05, 0) is 59.0 Å². The van der Waals surface area contributed by atoms with E-state index in [1.807, 2.05) is 60.7 Å². The molecule has 4 aliphatic rings. The van der Waals surface area contributed by atoms with Gasteiger partial charge in [0.15, 0.2) is 0 Å². The van der Waals surface area contributed by atoms with Crippen molar-refractivity contribution in [2.75, 3.05) is 14.2 Å². The van der Waals surface area contributed by atoms with Crippen LogP contribution in [0.3, 0.4) is 0 Å².